The summed E-state index contributed by atoms with van der Waals surface area (Å²) in [6.45, 7) is 5.96. The highest BCUT2D eigenvalue weighted by Crippen LogP contribution is 2.19. The van der Waals surface area contributed by atoms with Crippen LogP contribution in [0.3, 0.4) is 0 Å². The van der Waals surface area contributed by atoms with Gasteiger partial charge in [-0.05, 0) is 36.1 Å². The van der Waals surface area contributed by atoms with E-state index in [0.717, 1.165) is 22.0 Å². The maximum Gasteiger partial charge on any atom is 0.310 e. The molecule has 18 heavy (non-hydrogen) atoms. The second-order valence-corrected chi connectivity index (χ2v) is 3.94. The van der Waals surface area contributed by atoms with Crippen molar-refractivity contribution in [1.82, 2.24) is 4.98 Å². The molecule has 3 nitrogen and oxygen atoms in total. The highest BCUT2D eigenvalue weighted by atomic mass is 16.5. The molecule has 0 fully saturated rings. The Bertz CT molecular complexity index is 590. The van der Waals surface area contributed by atoms with Crippen LogP contribution >= 0.6 is 0 Å². The lowest BCUT2D eigenvalue weighted by molar-refractivity contribution is -0.142. The lowest BCUT2D eigenvalue weighted by atomic mass is 10.0. The van der Waals surface area contributed by atoms with E-state index in [1.165, 1.54) is 0 Å². The molecule has 0 spiro atoms. The van der Waals surface area contributed by atoms with Crippen LogP contribution in [0.25, 0.3) is 16.8 Å². The number of aromatic nitrogens is 1. The molecule has 2 aromatic rings. The average molecular weight is 241 g/mol. The van der Waals surface area contributed by atoms with Crippen molar-refractivity contribution in [3.63, 3.8) is 0 Å². The third-order valence-corrected chi connectivity index (χ3v) is 2.71. The number of benzene rings is 1. The van der Waals surface area contributed by atoms with E-state index >= 15 is 0 Å². The van der Waals surface area contributed by atoms with Gasteiger partial charge >= 0.3 is 5.97 Å². The Morgan fingerprint density at radius 1 is 1.44 bits per heavy atom. The fourth-order valence-corrected chi connectivity index (χ4v) is 1.89. The Morgan fingerprint density at radius 2 is 2.28 bits per heavy atom. The number of hydrogen-bond donors (Lipinski definition) is 0. The predicted molar refractivity (Wildman–Crippen MR) is 72.2 cm³/mol. The number of pyridine rings is 1. The number of ether oxygens (including phenoxy) is 1. The normalized spacial score (nSPS) is 10.3. The minimum atomic E-state index is -0.208. The molecule has 0 aliphatic heterocycles. The van der Waals surface area contributed by atoms with Gasteiger partial charge in [0, 0.05) is 11.6 Å². The maximum atomic E-state index is 11.4. The molecule has 0 amide bonds. The molecule has 0 atom stereocenters. The minimum absolute atomic E-state index is 0.208. The third kappa shape index (κ3) is 2.56. The first-order valence-corrected chi connectivity index (χ1v) is 5.90. The minimum Gasteiger partial charge on any atom is -0.466 e. The average Bonchev–Trinajstić information content (AvgIpc) is 2.38. The summed E-state index contributed by atoms with van der Waals surface area (Å²) in [4.78, 5) is 15.7. The summed E-state index contributed by atoms with van der Waals surface area (Å²) in [5, 5.41) is 2.10. The van der Waals surface area contributed by atoms with E-state index in [1.807, 2.05) is 24.3 Å². The molecule has 0 unspecified atom stereocenters. The molecular weight excluding hydrogens is 226 g/mol. The number of esters is 1. The Balaban J connectivity index is 2.37. The van der Waals surface area contributed by atoms with Crippen molar-refractivity contribution in [2.24, 2.45) is 0 Å². The van der Waals surface area contributed by atoms with Crippen molar-refractivity contribution < 1.29 is 9.53 Å². The molecule has 3 heteroatoms. The summed E-state index contributed by atoms with van der Waals surface area (Å²) >= 11 is 0. The molecular formula is C15H15NO2. The molecule has 0 radical (unpaired) electrons. The topological polar surface area (TPSA) is 39.2 Å². The summed E-state index contributed by atoms with van der Waals surface area (Å²) in [6.07, 6.45) is 3.76. The van der Waals surface area contributed by atoms with Gasteiger partial charge < -0.3 is 4.74 Å². The highest BCUT2D eigenvalue weighted by molar-refractivity contribution is 5.89. The molecule has 0 saturated heterocycles. The van der Waals surface area contributed by atoms with E-state index in [1.54, 1.807) is 19.2 Å². The van der Waals surface area contributed by atoms with Crippen molar-refractivity contribution >= 4 is 22.8 Å². The highest BCUT2D eigenvalue weighted by Gasteiger charge is 2.06. The van der Waals surface area contributed by atoms with Crippen LogP contribution in [0.15, 0.2) is 37.0 Å². The van der Waals surface area contributed by atoms with Crippen molar-refractivity contribution in [3.05, 3.63) is 48.3 Å². The fraction of sp³-hybridized carbons (Fsp3) is 0.200. The van der Waals surface area contributed by atoms with Crippen LogP contribution in [0, 0.1) is 0 Å². The number of fused-ring (bicyclic) bond motifs is 1. The van der Waals surface area contributed by atoms with Gasteiger partial charge in [0.05, 0.1) is 18.7 Å². The summed E-state index contributed by atoms with van der Waals surface area (Å²) < 4.78 is 4.94. The van der Waals surface area contributed by atoms with Gasteiger partial charge in [-0.15, -0.1) is 0 Å². The molecule has 1 aromatic carbocycles. The first kappa shape index (κ1) is 12.3. The lowest BCUT2D eigenvalue weighted by Gasteiger charge is -2.05. The molecule has 0 bridgehead atoms. The van der Waals surface area contributed by atoms with Crippen molar-refractivity contribution in [3.8, 4) is 0 Å². The van der Waals surface area contributed by atoms with Gasteiger partial charge in [-0.3, -0.25) is 9.78 Å². The molecule has 0 aliphatic rings. The molecule has 1 aromatic heterocycles. The van der Waals surface area contributed by atoms with Gasteiger partial charge in [0.1, 0.15) is 0 Å². The Kier molecular flexibility index (Phi) is 3.72. The second-order valence-electron chi connectivity index (χ2n) is 3.94. The largest absolute Gasteiger partial charge is 0.466 e. The van der Waals surface area contributed by atoms with E-state index < -0.39 is 0 Å². The molecule has 92 valence electrons. The summed E-state index contributed by atoms with van der Waals surface area (Å²) in [6, 6.07) is 7.83. The van der Waals surface area contributed by atoms with Crippen LogP contribution in [0.5, 0.6) is 0 Å². The zero-order valence-corrected chi connectivity index (χ0v) is 10.3. The Hall–Kier alpha value is -2.16. The van der Waals surface area contributed by atoms with Gasteiger partial charge in [-0.25, -0.2) is 0 Å². The SMILES string of the molecule is C=Cc1nccc2ccc(CC(=O)OCC)cc12. The number of carbonyl (C=O) groups excluding carboxylic acids is 1. The zero-order valence-electron chi connectivity index (χ0n) is 10.3. The van der Waals surface area contributed by atoms with Crippen LogP contribution in [-0.4, -0.2) is 17.6 Å². The second kappa shape index (κ2) is 5.45. The summed E-state index contributed by atoms with van der Waals surface area (Å²) in [7, 11) is 0. The number of hydrogen-bond acceptors (Lipinski definition) is 3. The molecule has 1 heterocycles. The van der Waals surface area contributed by atoms with Crippen LogP contribution in [0.2, 0.25) is 0 Å². The van der Waals surface area contributed by atoms with Crippen LogP contribution in [0.1, 0.15) is 18.2 Å². The van der Waals surface area contributed by atoms with Gasteiger partial charge in [0.2, 0.25) is 0 Å². The van der Waals surface area contributed by atoms with E-state index in [9.17, 15) is 4.79 Å². The van der Waals surface area contributed by atoms with E-state index in [0.29, 0.717) is 6.61 Å². The molecule has 0 aliphatic carbocycles. The molecule has 0 N–H and O–H groups in total. The number of carbonyl (C=O) groups is 1. The Morgan fingerprint density at radius 3 is 3.00 bits per heavy atom. The first-order chi connectivity index (χ1) is 8.74. The van der Waals surface area contributed by atoms with Gasteiger partial charge in [0.15, 0.2) is 0 Å². The maximum absolute atomic E-state index is 11.4. The van der Waals surface area contributed by atoms with E-state index in [2.05, 4.69) is 11.6 Å². The summed E-state index contributed by atoms with van der Waals surface area (Å²) in [5.74, 6) is -0.208. The zero-order chi connectivity index (χ0) is 13.0. The van der Waals surface area contributed by atoms with Crippen molar-refractivity contribution in [2.75, 3.05) is 6.61 Å². The quantitative estimate of drug-likeness (QED) is 0.772. The van der Waals surface area contributed by atoms with E-state index in [-0.39, 0.29) is 12.4 Å². The number of nitrogens with zero attached hydrogens (tertiary/aromatic N) is 1. The monoisotopic (exact) mass is 241 g/mol. The van der Waals surface area contributed by atoms with Gasteiger partial charge in [-0.1, -0.05) is 18.7 Å². The van der Waals surface area contributed by atoms with E-state index in [4.69, 9.17) is 4.74 Å². The fourth-order valence-electron chi connectivity index (χ4n) is 1.89. The lowest BCUT2D eigenvalue weighted by Crippen LogP contribution is -2.07. The van der Waals surface area contributed by atoms with Crippen molar-refractivity contribution in [2.45, 2.75) is 13.3 Å². The first-order valence-electron chi connectivity index (χ1n) is 5.90. The number of rotatable bonds is 4. The van der Waals surface area contributed by atoms with Crippen LogP contribution in [-0.2, 0) is 16.0 Å². The Labute approximate surface area is 106 Å². The standard InChI is InChI=1S/C15H15NO2/c1-3-14-13-9-11(10-15(17)18-4-2)5-6-12(13)7-8-16-14/h3,5-9H,1,4,10H2,2H3. The molecule has 2 rings (SSSR count). The molecule has 0 saturated carbocycles. The summed E-state index contributed by atoms with van der Waals surface area (Å²) in [5.41, 5.74) is 1.76. The third-order valence-electron chi connectivity index (χ3n) is 2.71. The van der Waals surface area contributed by atoms with Crippen LogP contribution < -0.4 is 0 Å². The smallest absolute Gasteiger partial charge is 0.310 e. The van der Waals surface area contributed by atoms with Gasteiger partial charge in [-0.2, -0.15) is 0 Å². The van der Waals surface area contributed by atoms with Gasteiger partial charge in [0.25, 0.3) is 0 Å². The van der Waals surface area contributed by atoms with Crippen molar-refractivity contribution in [1.29, 1.82) is 0 Å². The van der Waals surface area contributed by atoms with Crippen LogP contribution in [0.4, 0.5) is 0 Å². The predicted octanol–water partition coefficient (Wildman–Crippen LogP) is 2.98.